The molecule has 5 nitrogen and oxygen atoms in total. The average molecular weight is 345 g/mol. The van der Waals surface area contributed by atoms with Crippen LogP contribution in [0.3, 0.4) is 0 Å². The molecule has 1 unspecified atom stereocenters. The Morgan fingerprint density at radius 2 is 1.36 bits per heavy atom. The Morgan fingerprint density at radius 3 is 1.73 bits per heavy atom. The van der Waals surface area contributed by atoms with Crippen molar-refractivity contribution in [1.82, 2.24) is 0 Å². The zero-order valence-corrected chi connectivity index (χ0v) is 17.2. The summed E-state index contributed by atoms with van der Waals surface area (Å²) in [4.78, 5) is 11.3. The number of ether oxygens (including phenoxy) is 1. The third-order valence-corrected chi connectivity index (χ3v) is 4.79. The van der Waals surface area contributed by atoms with Crippen LogP contribution in [0.25, 0.3) is 0 Å². The predicted molar refractivity (Wildman–Crippen MR) is 89.6 cm³/mol. The molecule has 0 aromatic heterocycles. The van der Waals surface area contributed by atoms with E-state index in [1.54, 1.807) is 0 Å². The van der Waals surface area contributed by atoms with Crippen LogP contribution in [0.15, 0.2) is 0 Å². The molecule has 0 fully saturated rings. The molecular formula is C15H30NaO5S. The van der Waals surface area contributed by atoms with E-state index in [1.807, 2.05) is 0 Å². The van der Waals surface area contributed by atoms with Gasteiger partial charge in [0, 0.05) is 29.6 Å². The van der Waals surface area contributed by atoms with E-state index in [1.165, 1.54) is 38.5 Å². The van der Waals surface area contributed by atoms with Crippen LogP contribution >= 0.6 is 0 Å². The molecule has 1 N–H and O–H groups in total. The Bertz CT molecular complexity index is 370. The first-order valence-electron chi connectivity index (χ1n) is 7.97. The standard InChI is InChI=1S/C15H30O5S.Na/c1-3-4-5-6-7-8-9-10-11-12-13-14(15(16)20-2)21(17,18)19;/h14H,3-13H2,1-2H3,(H,17,18,19);. The smallest absolute Gasteiger partial charge is 0.326 e. The maximum Gasteiger partial charge on any atom is 0.326 e. The number of hydrogen-bond acceptors (Lipinski definition) is 4. The fourth-order valence-corrected chi connectivity index (χ4v) is 3.14. The molecule has 0 bridgehead atoms. The summed E-state index contributed by atoms with van der Waals surface area (Å²) < 4.78 is 35.6. The van der Waals surface area contributed by atoms with Gasteiger partial charge in [-0.25, -0.2) is 0 Å². The molecule has 0 rings (SSSR count). The second kappa shape index (κ2) is 14.9. The minimum Gasteiger partial charge on any atom is -0.468 e. The summed E-state index contributed by atoms with van der Waals surface area (Å²) in [5.41, 5.74) is 0. The predicted octanol–water partition coefficient (Wildman–Crippen LogP) is 3.35. The molecule has 1 atom stereocenters. The summed E-state index contributed by atoms with van der Waals surface area (Å²) in [7, 11) is -3.24. The van der Waals surface area contributed by atoms with Crippen molar-refractivity contribution >= 4 is 45.6 Å². The van der Waals surface area contributed by atoms with Crippen molar-refractivity contribution in [2.75, 3.05) is 7.11 Å². The molecule has 7 heteroatoms. The normalized spacial score (nSPS) is 12.5. The zero-order chi connectivity index (χ0) is 16.1. The van der Waals surface area contributed by atoms with Crippen LogP contribution < -0.4 is 0 Å². The maximum absolute atomic E-state index is 11.3. The van der Waals surface area contributed by atoms with Gasteiger partial charge in [-0.05, 0) is 6.42 Å². The Balaban J connectivity index is 0. The Kier molecular flexibility index (Phi) is 16.7. The van der Waals surface area contributed by atoms with Crippen molar-refractivity contribution in [3.63, 3.8) is 0 Å². The molecule has 0 saturated carbocycles. The van der Waals surface area contributed by atoms with Gasteiger partial charge in [0.2, 0.25) is 0 Å². The van der Waals surface area contributed by atoms with Crippen molar-refractivity contribution in [3.8, 4) is 0 Å². The third-order valence-electron chi connectivity index (χ3n) is 3.64. The van der Waals surface area contributed by atoms with Crippen molar-refractivity contribution in [3.05, 3.63) is 0 Å². The number of methoxy groups -OCH3 is 1. The van der Waals surface area contributed by atoms with Gasteiger partial charge >= 0.3 is 5.97 Å². The first kappa shape index (κ1) is 24.6. The minimum atomic E-state index is -4.36. The third kappa shape index (κ3) is 12.9. The van der Waals surface area contributed by atoms with Gasteiger partial charge in [-0.1, -0.05) is 71.1 Å². The molecule has 0 aliphatic carbocycles. The van der Waals surface area contributed by atoms with Crippen molar-refractivity contribution < 1.29 is 22.5 Å². The van der Waals surface area contributed by atoms with E-state index in [2.05, 4.69) is 11.7 Å². The van der Waals surface area contributed by atoms with Gasteiger partial charge in [-0.3, -0.25) is 9.35 Å². The Morgan fingerprint density at radius 1 is 0.955 bits per heavy atom. The number of carbonyl (C=O) groups excluding carboxylic acids is 1. The van der Waals surface area contributed by atoms with Gasteiger partial charge in [0.15, 0.2) is 5.25 Å². The van der Waals surface area contributed by atoms with Gasteiger partial charge < -0.3 is 4.74 Å². The van der Waals surface area contributed by atoms with Crippen LogP contribution in [0.5, 0.6) is 0 Å². The first-order valence-corrected chi connectivity index (χ1v) is 9.48. The quantitative estimate of drug-likeness (QED) is 0.240. The second-order valence-electron chi connectivity index (χ2n) is 5.50. The number of carbonyl (C=O) groups is 1. The summed E-state index contributed by atoms with van der Waals surface area (Å²) in [5.74, 6) is -0.881. The SMILES string of the molecule is CCCCCCCCCCCCC(C(=O)OC)S(=O)(=O)O.[Na]. The number of rotatable bonds is 13. The summed E-state index contributed by atoms with van der Waals surface area (Å²) in [6, 6.07) is 0. The van der Waals surface area contributed by atoms with Gasteiger partial charge in [0.25, 0.3) is 10.1 Å². The summed E-state index contributed by atoms with van der Waals surface area (Å²) >= 11 is 0. The second-order valence-corrected chi connectivity index (χ2v) is 7.10. The topological polar surface area (TPSA) is 80.7 Å². The number of hydrogen-bond donors (Lipinski definition) is 1. The van der Waals surface area contributed by atoms with Crippen LogP contribution in [-0.2, 0) is 19.6 Å². The zero-order valence-electron chi connectivity index (χ0n) is 14.3. The molecule has 0 spiro atoms. The van der Waals surface area contributed by atoms with E-state index in [-0.39, 0.29) is 36.0 Å². The number of esters is 1. The Labute approximate surface area is 157 Å². The van der Waals surface area contributed by atoms with Crippen molar-refractivity contribution in [2.24, 2.45) is 0 Å². The summed E-state index contributed by atoms with van der Waals surface area (Å²) in [5, 5.41) is -1.43. The van der Waals surface area contributed by atoms with E-state index in [0.29, 0.717) is 6.42 Å². The van der Waals surface area contributed by atoms with Gasteiger partial charge in [0.1, 0.15) is 0 Å². The molecule has 0 aromatic rings. The molecule has 1 radical (unpaired) electrons. The monoisotopic (exact) mass is 345 g/mol. The van der Waals surface area contributed by atoms with E-state index >= 15 is 0 Å². The van der Waals surface area contributed by atoms with Gasteiger partial charge in [0.05, 0.1) is 7.11 Å². The molecule has 0 aliphatic rings. The molecule has 22 heavy (non-hydrogen) atoms. The molecule has 0 heterocycles. The van der Waals surface area contributed by atoms with Crippen molar-refractivity contribution in [1.29, 1.82) is 0 Å². The van der Waals surface area contributed by atoms with Crippen LogP contribution in [0, 0.1) is 0 Å². The molecule has 0 aliphatic heterocycles. The summed E-state index contributed by atoms with van der Waals surface area (Å²) in [6.07, 6.45) is 11.4. The average Bonchev–Trinajstić information content (AvgIpc) is 2.42. The molecular weight excluding hydrogens is 315 g/mol. The van der Waals surface area contributed by atoms with Crippen LogP contribution in [0.2, 0.25) is 0 Å². The fourth-order valence-electron chi connectivity index (χ4n) is 2.34. The molecule has 127 valence electrons. The van der Waals surface area contributed by atoms with Crippen molar-refractivity contribution in [2.45, 2.75) is 82.8 Å². The molecule has 0 amide bonds. The fraction of sp³-hybridized carbons (Fsp3) is 0.933. The van der Waals surface area contributed by atoms with E-state index < -0.39 is 21.3 Å². The van der Waals surface area contributed by atoms with E-state index in [9.17, 15) is 13.2 Å². The first-order chi connectivity index (χ1) is 9.93. The van der Waals surface area contributed by atoms with Crippen LogP contribution in [0.1, 0.15) is 77.6 Å². The molecule has 0 aromatic carbocycles. The minimum absolute atomic E-state index is 0. The van der Waals surface area contributed by atoms with E-state index in [0.717, 1.165) is 26.4 Å². The van der Waals surface area contributed by atoms with E-state index in [4.69, 9.17) is 4.55 Å². The van der Waals surface area contributed by atoms with Gasteiger partial charge in [-0.15, -0.1) is 0 Å². The largest absolute Gasteiger partial charge is 0.468 e. The number of unbranched alkanes of at least 4 members (excludes halogenated alkanes) is 9. The Hall–Kier alpha value is 0.380. The van der Waals surface area contributed by atoms with Crippen LogP contribution in [0.4, 0.5) is 0 Å². The van der Waals surface area contributed by atoms with Gasteiger partial charge in [-0.2, -0.15) is 8.42 Å². The maximum atomic E-state index is 11.3. The summed E-state index contributed by atoms with van der Waals surface area (Å²) in [6.45, 7) is 2.20. The molecule has 0 saturated heterocycles. The van der Waals surface area contributed by atoms with Crippen LogP contribution in [-0.4, -0.2) is 60.9 Å².